The van der Waals surface area contributed by atoms with E-state index in [4.69, 9.17) is 0 Å². The molecule has 2 rings (SSSR count). The number of rotatable bonds is 5. The highest BCUT2D eigenvalue weighted by Gasteiger charge is 2.13. The van der Waals surface area contributed by atoms with Crippen molar-refractivity contribution in [2.45, 2.75) is 26.7 Å². The summed E-state index contributed by atoms with van der Waals surface area (Å²) in [5.74, 6) is 0.623. The predicted octanol–water partition coefficient (Wildman–Crippen LogP) is 4.77. The zero-order valence-corrected chi connectivity index (χ0v) is 12.6. The molecule has 0 atom stereocenters. The van der Waals surface area contributed by atoms with Gasteiger partial charge in [-0.1, -0.05) is 68.0 Å². The average Bonchev–Trinajstić information content (AvgIpc) is 2.94. The van der Waals surface area contributed by atoms with E-state index in [-0.39, 0.29) is 0 Å². The molecule has 20 heavy (non-hydrogen) atoms. The molecule has 0 fully saturated rings. The van der Waals surface area contributed by atoms with E-state index in [0.717, 1.165) is 12.8 Å². The van der Waals surface area contributed by atoms with Gasteiger partial charge in [0.1, 0.15) is 0 Å². The van der Waals surface area contributed by atoms with Gasteiger partial charge in [-0.25, -0.2) is 0 Å². The molecule has 104 valence electrons. The van der Waals surface area contributed by atoms with Gasteiger partial charge in [0.25, 0.3) is 0 Å². The van der Waals surface area contributed by atoms with Gasteiger partial charge in [0.05, 0.1) is 0 Å². The SMILES string of the molecule is C/N=C\C(=C/Cc1ccccc1)C1=CC=C(C(C)C)C1. The van der Waals surface area contributed by atoms with E-state index in [1.54, 1.807) is 0 Å². The zero-order chi connectivity index (χ0) is 14.4. The molecule has 0 unspecified atom stereocenters. The van der Waals surface area contributed by atoms with Crippen LogP contribution in [0, 0.1) is 5.92 Å². The molecule has 0 N–H and O–H groups in total. The third-order valence-electron chi connectivity index (χ3n) is 3.67. The van der Waals surface area contributed by atoms with Crippen molar-refractivity contribution >= 4 is 6.21 Å². The molecule has 0 heterocycles. The largest absolute Gasteiger partial charge is 0.296 e. The fraction of sp³-hybridized carbons (Fsp3) is 0.316. The van der Waals surface area contributed by atoms with Crippen molar-refractivity contribution in [3.05, 3.63) is 70.8 Å². The number of allylic oxidation sites excluding steroid dienone is 6. The molecule has 0 radical (unpaired) electrons. The Balaban J connectivity index is 2.09. The van der Waals surface area contributed by atoms with E-state index < -0.39 is 0 Å². The lowest BCUT2D eigenvalue weighted by Crippen LogP contribution is -1.96. The van der Waals surface area contributed by atoms with Crippen molar-refractivity contribution in [2.24, 2.45) is 10.9 Å². The maximum absolute atomic E-state index is 4.21. The van der Waals surface area contributed by atoms with E-state index in [1.165, 1.54) is 22.3 Å². The van der Waals surface area contributed by atoms with E-state index in [1.807, 2.05) is 13.3 Å². The van der Waals surface area contributed by atoms with Crippen LogP contribution in [0.15, 0.2) is 70.3 Å². The summed E-state index contributed by atoms with van der Waals surface area (Å²) in [6, 6.07) is 10.6. The fourth-order valence-corrected chi connectivity index (χ4v) is 2.39. The van der Waals surface area contributed by atoms with Crippen LogP contribution in [0.5, 0.6) is 0 Å². The molecule has 0 spiro atoms. The molecule has 0 bridgehead atoms. The Labute approximate surface area is 122 Å². The quantitative estimate of drug-likeness (QED) is 0.680. The molecule has 0 amide bonds. The molecule has 1 nitrogen and oxygen atoms in total. The summed E-state index contributed by atoms with van der Waals surface area (Å²) in [7, 11) is 1.84. The van der Waals surface area contributed by atoms with Gasteiger partial charge in [0.2, 0.25) is 0 Å². The molecule has 1 aromatic carbocycles. The van der Waals surface area contributed by atoms with Crippen LogP contribution < -0.4 is 0 Å². The number of hydrogen-bond acceptors (Lipinski definition) is 1. The van der Waals surface area contributed by atoms with Crippen LogP contribution in [0.3, 0.4) is 0 Å². The van der Waals surface area contributed by atoms with Crippen molar-refractivity contribution in [1.82, 2.24) is 0 Å². The average molecular weight is 265 g/mol. The van der Waals surface area contributed by atoms with E-state index in [0.29, 0.717) is 5.92 Å². The molecule has 1 aromatic rings. The van der Waals surface area contributed by atoms with Crippen molar-refractivity contribution in [3.63, 3.8) is 0 Å². The lowest BCUT2D eigenvalue weighted by Gasteiger charge is -2.09. The summed E-state index contributed by atoms with van der Waals surface area (Å²) in [5.41, 5.74) is 5.48. The lowest BCUT2D eigenvalue weighted by atomic mass is 9.96. The molecule has 1 aliphatic carbocycles. The highest BCUT2D eigenvalue weighted by Crippen LogP contribution is 2.29. The Morgan fingerprint density at radius 1 is 1.20 bits per heavy atom. The van der Waals surface area contributed by atoms with Crippen molar-refractivity contribution in [3.8, 4) is 0 Å². The minimum absolute atomic E-state index is 0.623. The first kappa shape index (κ1) is 14.5. The van der Waals surface area contributed by atoms with Gasteiger partial charge in [0.15, 0.2) is 0 Å². The maximum atomic E-state index is 4.21. The second kappa shape index (κ2) is 7.04. The maximum Gasteiger partial charge on any atom is 0.0281 e. The van der Waals surface area contributed by atoms with Gasteiger partial charge in [0, 0.05) is 13.3 Å². The normalized spacial score (nSPS) is 15.9. The van der Waals surface area contributed by atoms with Crippen molar-refractivity contribution in [1.29, 1.82) is 0 Å². The zero-order valence-electron chi connectivity index (χ0n) is 12.6. The third-order valence-corrected chi connectivity index (χ3v) is 3.67. The van der Waals surface area contributed by atoms with Crippen LogP contribution in [-0.2, 0) is 6.42 Å². The second-order valence-corrected chi connectivity index (χ2v) is 5.50. The minimum Gasteiger partial charge on any atom is -0.296 e. The van der Waals surface area contributed by atoms with Crippen LogP contribution in [0.2, 0.25) is 0 Å². The summed E-state index contributed by atoms with van der Waals surface area (Å²) in [6.45, 7) is 4.51. The van der Waals surface area contributed by atoms with E-state index in [9.17, 15) is 0 Å². The van der Waals surface area contributed by atoms with E-state index >= 15 is 0 Å². The highest BCUT2D eigenvalue weighted by molar-refractivity contribution is 5.85. The fourth-order valence-electron chi connectivity index (χ4n) is 2.39. The van der Waals surface area contributed by atoms with Gasteiger partial charge in [-0.2, -0.15) is 0 Å². The van der Waals surface area contributed by atoms with Crippen LogP contribution >= 0.6 is 0 Å². The van der Waals surface area contributed by atoms with E-state index in [2.05, 4.69) is 67.4 Å². The molecule has 1 aliphatic rings. The first-order chi connectivity index (χ1) is 9.70. The summed E-state index contributed by atoms with van der Waals surface area (Å²) in [4.78, 5) is 4.21. The smallest absolute Gasteiger partial charge is 0.0281 e. The Morgan fingerprint density at radius 2 is 1.95 bits per heavy atom. The molecule has 0 aliphatic heterocycles. The second-order valence-electron chi connectivity index (χ2n) is 5.50. The van der Waals surface area contributed by atoms with Gasteiger partial charge in [-0.05, 0) is 35.5 Å². The summed E-state index contributed by atoms with van der Waals surface area (Å²) < 4.78 is 0. The van der Waals surface area contributed by atoms with Crippen molar-refractivity contribution < 1.29 is 0 Å². The van der Waals surface area contributed by atoms with Crippen LogP contribution in [0.1, 0.15) is 25.8 Å². The topological polar surface area (TPSA) is 12.4 Å². The molecule has 1 heteroatoms. The highest BCUT2D eigenvalue weighted by atomic mass is 14.6. The molecule has 0 aromatic heterocycles. The summed E-state index contributed by atoms with van der Waals surface area (Å²) in [6.07, 6.45) is 10.8. The number of nitrogens with zero attached hydrogens (tertiary/aromatic N) is 1. The Hall–Kier alpha value is -1.89. The number of benzene rings is 1. The number of hydrogen-bond donors (Lipinski definition) is 0. The summed E-state index contributed by atoms with van der Waals surface area (Å²) in [5, 5.41) is 0. The van der Waals surface area contributed by atoms with Crippen LogP contribution in [0.25, 0.3) is 0 Å². The molecular formula is C19H23N. The Bertz CT molecular complexity index is 557. The first-order valence-corrected chi connectivity index (χ1v) is 7.27. The molecular weight excluding hydrogens is 242 g/mol. The number of aliphatic imine (C=N–C) groups is 1. The minimum atomic E-state index is 0.623. The Morgan fingerprint density at radius 3 is 2.55 bits per heavy atom. The van der Waals surface area contributed by atoms with Gasteiger partial charge < -0.3 is 0 Å². The van der Waals surface area contributed by atoms with Gasteiger partial charge in [-0.15, -0.1) is 0 Å². The molecule has 0 saturated carbocycles. The summed E-state index contributed by atoms with van der Waals surface area (Å²) >= 11 is 0. The van der Waals surface area contributed by atoms with Crippen LogP contribution in [0.4, 0.5) is 0 Å². The van der Waals surface area contributed by atoms with Crippen molar-refractivity contribution in [2.75, 3.05) is 7.05 Å². The van der Waals surface area contributed by atoms with Gasteiger partial charge >= 0.3 is 0 Å². The lowest BCUT2D eigenvalue weighted by molar-refractivity contribution is 0.748. The third kappa shape index (κ3) is 3.80. The standard InChI is InChI=1S/C19H23N/c1-15(2)17-11-12-18(13-17)19(14-20-3)10-9-16-7-5-4-6-8-16/h4-8,10-12,14-15H,9,13H2,1-3H3/b19-10+,20-14-. The monoisotopic (exact) mass is 265 g/mol. The first-order valence-electron chi connectivity index (χ1n) is 7.27. The van der Waals surface area contributed by atoms with Gasteiger partial charge in [-0.3, -0.25) is 4.99 Å². The van der Waals surface area contributed by atoms with Crippen LogP contribution in [-0.4, -0.2) is 13.3 Å². The predicted molar refractivity (Wildman–Crippen MR) is 88.3 cm³/mol. The Kier molecular flexibility index (Phi) is 5.11. The molecule has 0 saturated heterocycles.